The van der Waals surface area contributed by atoms with E-state index >= 15 is 0 Å². The standard InChI is InChI=1S/C14H17N3O2S2/c1-10-13(20-14(15)16-10)21(18,19)17-8-6-11-4-2-3-5-12(11)7-9-17/h2-5H,6-9H2,1H3,(H2,15,16). The molecule has 3 rings (SSSR count). The van der Waals surface area contributed by atoms with E-state index in [9.17, 15) is 8.42 Å². The van der Waals surface area contributed by atoms with Crippen LogP contribution in [0.15, 0.2) is 28.5 Å². The van der Waals surface area contributed by atoms with Crippen molar-refractivity contribution in [3.63, 3.8) is 0 Å². The molecular weight excluding hydrogens is 306 g/mol. The molecule has 2 N–H and O–H groups in total. The molecule has 0 saturated carbocycles. The smallest absolute Gasteiger partial charge is 0.254 e. The van der Waals surface area contributed by atoms with Crippen LogP contribution in [-0.4, -0.2) is 30.8 Å². The number of anilines is 1. The van der Waals surface area contributed by atoms with Gasteiger partial charge in [0.05, 0.1) is 5.69 Å². The van der Waals surface area contributed by atoms with E-state index in [2.05, 4.69) is 17.1 Å². The molecule has 21 heavy (non-hydrogen) atoms. The van der Waals surface area contributed by atoms with Gasteiger partial charge in [-0.25, -0.2) is 13.4 Å². The van der Waals surface area contributed by atoms with Crippen molar-refractivity contribution in [2.45, 2.75) is 24.0 Å². The van der Waals surface area contributed by atoms with Crippen LogP contribution in [0.1, 0.15) is 16.8 Å². The Kier molecular flexibility index (Phi) is 3.73. The SMILES string of the molecule is Cc1nc(N)sc1S(=O)(=O)N1CCc2ccccc2CC1. The van der Waals surface area contributed by atoms with Crippen molar-refractivity contribution in [3.05, 3.63) is 41.1 Å². The maximum absolute atomic E-state index is 12.8. The van der Waals surface area contributed by atoms with Crippen molar-refractivity contribution in [2.24, 2.45) is 0 Å². The number of benzene rings is 1. The molecule has 0 amide bonds. The second-order valence-electron chi connectivity index (χ2n) is 5.10. The van der Waals surface area contributed by atoms with Crippen LogP contribution in [-0.2, 0) is 22.9 Å². The molecule has 0 atom stereocenters. The summed E-state index contributed by atoms with van der Waals surface area (Å²) < 4.78 is 27.4. The van der Waals surface area contributed by atoms with E-state index in [0.717, 1.165) is 24.2 Å². The molecule has 0 aliphatic carbocycles. The molecule has 1 aromatic carbocycles. The predicted octanol–water partition coefficient (Wildman–Crippen LogP) is 1.82. The number of hydrogen-bond acceptors (Lipinski definition) is 5. The molecule has 0 bridgehead atoms. The average Bonchev–Trinajstić information content (AvgIpc) is 2.68. The Bertz CT molecular complexity index is 741. The summed E-state index contributed by atoms with van der Waals surface area (Å²) >= 11 is 1.04. The Hall–Kier alpha value is -1.44. The van der Waals surface area contributed by atoms with Crippen molar-refractivity contribution >= 4 is 26.5 Å². The van der Waals surface area contributed by atoms with Crippen molar-refractivity contribution in [2.75, 3.05) is 18.8 Å². The number of aromatic nitrogens is 1. The number of hydrogen-bond donors (Lipinski definition) is 1. The zero-order valence-electron chi connectivity index (χ0n) is 11.7. The van der Waals surface area contributed by atoms with E-state index in [4.69, 9.17) is 5.73 Å². The lowest BCUT2D eigenvalue weighted by Crippen LogP contribution is -2.33. The lowest BCUT2D eigenvalue weighted by Gasteiger charge is -2.18. The lowest BCUT2D eigenvalue weighted by molar-refractivity contribution is 0.427. The van der Waals surface area contributed by atoms with E-state index in [-0.39, 0.29) is 4.21 Å². The summed E-state index contributed by atoms with van der Waals surface area (Å²) in [6.07, 6.45) is 1.48. The van der Waals surface area contributed by atoms with E-state index in [0.29, 0.717) is 23.9 Å². The summed E-state index contributed by atoms with van der Waals surface area (Å²) in [6.45, 7) is 2.68. The zero-order valence-corrected chi connectivity index (χ0v) is 13.4. The minimum Gasteiger partial charge on any atom is -0.375 e. The first kappa shape index (κ1) is 14.5. The highest BCUT2D eigenvalue weighted by Gasteiger charge is 2.30. The van der Waals surface area contributed by atoms with Crippen LogP contribution in [0, 0.1) is 6.92 Å². The first-order valence-corrected chi connectivity index (χ1v) is 9.04. The molecule has 1 aliphatic rings. The normalized spacial score (nSPS) is 16.4. The fourth-order valence-corrected chi connectivity index (χ4v) is 5.52. The summed E-state index contributed by atoms with van der Waals surface area (Å²) in [5.41, 5.74) is 8.58. The van der Waals surface area contributed by atoms with Gasteiger partial charge in [0, 0.05) is 13.1 Å². The van der Waals surface area contributed by atoms with Gasteiger partial charge < -0.3 is 5.73 Å². The summed E-state index contributed by atoms with van der Waals surface area (Å²) in [7, 11) is -3.50. The van der Waals surface area contributed by atoms with Gasteiger partial charge in [-0.3, -0.25) is 0 Å². The molecule has 1 aliphatic heterocycles. The minimum absolute atomic E-state index is 0.269. The number of rotatable bonds is 2. The molecule has 0 spiro atoms. The van der Waals surface area contributed by atoms with Gasteiger partial charge in [-0.05, 0) is 30.9 Å². The molecule has 2 heterocycles. The zero-order chi connectivity index (χ0) is 15.0. The number of aryl methyl sites for hydroxylation is 1. The summed E-state index contributed by atoms with van der Waals surface area (Å²) in [6, 6.07) is 8.14. The van der Waals surface area contributed by atoms with Gasteiger partial charge in [-0.15, -0.1) is 0 Å². The van der Waals surface area contributed by atoms with Crippen LogP contribution in [0.2, 0.25) is 0 Å². The first-order chi connectivity index (χ1) is 9.98. The number of fused-ring (bicyclic) bond motifs is 1. The summed E-state index contributed by atoms with van der Waals surface area (Å²) in [4.78, 5) is 4.03. The molecule has 2 aromatic rings. The van der Waals surface area contributed by atoms with Gasteiger partial charge in [0.25, 0.3) is 10.0 Å². The topological polar surface area (TPSA) is 76.3 Å². The van der Waals surface area contributed by atoms with Crippen LogP contribution in [0.5, 0.6) is 0 Å². The number of nitrogen functional groups attached to an aromatic ring is 1. The Labute approximate surface area is 128 Å². The lowest BCUT2D eigenvalue weighted by atomic mass is 10.0. The van der Waals surface area contributed by atoms with Gasteiger partial charge in [0.2, 0.25) is 0 Å². The highest BCUT2D eigenvalue weighted by Crippen LogP contribution is 2.29. The fraction of sp³-hybridized carbons (Fsp3) is 0.357. The van der Waals surface area contributed by atoms with Gasteiger partial charge in [-0.1, -0.05) is 35.6 Å². The van der Waals surface area contributed by atoms with E-state index in [1.54, 1.807) is 11.2 Å². The van der Waals surface area contributed by atoms with E-state index in [1.165, 1.54) is 11.1 Å². The van der Waals surface area contributed by atoms with E-state index in [1.807, 2.05) is 12.1 Å². The highest BCUT2D eigenvalue weighted by atomic mass is 32.2. The molecule has 0 saturated heterocycles. The maximum atomic E-state index is 12.8. The van der Waals surface area contributed by atoms with E-state index < -0.39 is 10.0 Å². The molecule has 0 radical (unpaired) electrons. The van der Waals surface area contributed by atoms with Crippen LogP contribution < -0.4 is 5.73 Å². The van der Waals surface area contributed by atoms with Crippen LogP contribution >= 0.6 is 11.3 Å². The molecule has 0 fully saturated rings. The number of nitrogens with zero attached hydrogens (tertiary/aromatic N) is 2. The molecule has 0 unspecified atom stereocenters. The summed E-state index contributed by atoms with van der Waals surface area (Å²) in [5, 5.41) is 0.296. The van der Waals surface area contributed by atoms with Crippen LogP contribution in [0.25, 0.3) is 0 Å². The first-order valence-electron chi connectivity index (χ1n) is 6.78. The van der Waals surface area contributed by atoms with Gasteiger partial charge in [0.1, 0.15) is 0 Å². The van der Waals surface area contributed by atoms with Crippen molar-refractivity contribution in [1.29, 1.82) is 0 Å². The van der Waals surface area contributed by atoms with Gasteiger partial charge in [-0.2, -0.15) is 4.31 Å². The molecular formula is C14H17N3O2S2. The third-order valence-corrected chi connectivity index (χ3v) is 7.20. The molecule has 7 heteroatoms. The Morgan fingerprint density at radius 1 is 1.19 bits per heavy atom. The van der Waals surface area contributed by atoms with Crippen molar-refractivity contribution < 1.29 is 8.42 Å². The second-order valence-corrected chi connectivity index (χ2v) is 8.26. The number of nitrogens with two attached hydrogens (primary N) is 1. The molecule has 1 aromatic heterocycles. The van der Waals surface area contributed by atoms with Crippen molar-refractivity contribution in [3.8, 4) is 0 Å². The van der Waals surface area contributed by atoms with Crippen molar-refractivity contribution in [1.82, 2.24) is 9.29 Å². The fourth-order valence-electron chi connectivity index (χ4n) is 2.65. The molecule has 112 valence electrons. The second kappa shape index (κ2) is 5.40. The Morgan fingerprint density at radius 3 is 2.24 bits per heavy atom. The number of thiazole rings is 1. The largest absolute Gasteiger partial charge is 0.375 e. The highest BCUT2D eigenvalue weighted by molar-refractivity contribution is 7.91. The average molecular weight is 323 g/mol. The Morgan fingerprint density at radius 2 is 1.76 bits per heavy atom. The monoisotopic (exact) mass is 323 g/mol. The predicted molar refractivity (Wildman–Crippen MR) is 83.9 cm³/mol. The Balaban J connectivity index is 1.90. The van der Waals surface area contributed by atoms with Crippen LogP contribution in [0.3, 0.4) is 0 Å². The van der Waals surface area contributed by atoms with Gasteiger partial charge in [0.15, 0.2) is 9.34 Å². The quantitative estimate of drug-likeness (QED) is 0.914. The maximum Gasteiger partial charge on any atom is 0.254 e. The summed E-state index contributed by atoms with van der Waals surface area (Å²) in [5.74, 6) is 0. The third-order valence-electron chi connectivity index (χ3n) is 3.72. The van der Waals surface area contributed by atoms with Crippen LogP contribution in [0.4, 0.5) is 5.13 Å². The number of sulfonamides is 1. The minimum atomic E-state index is -3.50. The third kappa shape index (κ3) is 2.68. The molecule has 5 nitrogen and oxygen atoms in total. The van der Waals surface area contributed by atoms with Gasteiger partial charge >= 0.3 is 0 Å².